The number of carboxylic acids is 1. The molecule has 0 bridgehead atoms. The lowest BCUT2D eigenvalue weighted by Gasteiger charge is -2.19. The zero-order valence-corrected chi connectivity index (χ0v) is 12.5. The third-order valence-electron chi connectivity index (χ3n) is 2.79. The molecule has 0 unspecified atom stereocenters. The molecule has 0 heterocycles. The maximum Gasteiger partial charge on any atom is 0.339 e. The molecule has 0 aliphatic heterocycles. The van der Waals surface area contributed by atoms with Crippen LogP contribution >= 0.6 is 23.2 Å². The fourth-order valence-electron chi connectivity index (χ4n) is 1.68. The monoisotopic (exact) mass is 305 g/mol. The first-order chi connectivity index (χ1) is 8.99. The average Bonchev–Trinajstić information content (AvgIpc) is 2.36. The van der Waals surface area contributed by atoms with Gasteiger partial charge in [-0.05, 0) is 25.2 Å². The average molecular weight is 306 g/mol. The molecule has 4 nitrogen and oxygen atoms in total. The molecule has 0 aliphatic carbocycles. The van der Waals surface area contributed by atoms with E-state index >= 15 is 0 Å². The first-order valence-corrected chi connectivity index (χ1v) is 6.82. The third kappa shape index (κ3) is 4.56. The summed E-state index contributed by atoms with van der Waals surface area (Å²) in [7, 11) is 0. The lowest BCUT2D eigenvalue weighted by atomic mass is 10.2. The van der Waals surface area contributed by atoms with Gasteiger partial charge in [0.25, 0.3) is 0 Å². The molecule has 0 spiro atoms. The van der Waals surface area contributed by atoms with E-state index in [2.05, 4.69) is 18.7 Å². The van der Waals surface area contributed by atoms with Crippen molar-refractivity contribution in [2.75, 3.05) is 26.2 Å². The van der Waals surface area contributed by atoms with Gasteiger partial charge in [-0.15, -0.1) is 0 Å². The van der Waals surface area contributed by atoms with Crippen molar-refractivity contribution in [2.45, 2.75) is 13.8 Å². The number of carbonyl (C=O) groups is 1. The number of rotatable bonds is 7. The van der Waals surface area contributed by atoms with Gasteiger partial charge in [-0.1, -0.05) is 37.0 Å². The van der Waals surface area contributed by atoms with Gasteiger partial charge in [-0.3, -0.25) is 0 Å². The summed E-state index contributed by atoms with van der Waals surface area (Å²) in [6.07, 6.45) is 0. The van der Waals surface area contributed by atoms with E-state index in [4.69, 9.17) is 33.0 Å². The Balaban J connectivity index is 2.80. The zero-order valence-electron chi connectivity index (χ0n) is 10.9. The lowest BCUT2D eigenvalue weighted by molar-refractivity contribution is 0.0691. The molecule has 1 N–H and O–H groups in total. The number of carboxylic acid groups (broad SMARTS) is 1. The minimum Gasteiger partial charge on any atom is -0.490 e. The highest BCUT2D eigenvalue weighted by atomic mass is 35.5. The Morgan fingerprint density at radius 3 is 2.47 bits per heavy atom. The van der Waals surface area contributed by atoms with Crippen LogP contribution in [-0.4, -0.2) is 42.2 Å². The first-order valence-electron chi connectivity index (χ1n) is 6.07. The molecule has 0 saturated carbocycles. The third-order valence-corrected chi connectivity index (χ3v) is 3.29. The summed E-state index contributed by atoms with van der Waals surface area (Å²) in [6.45, 7) is 7.04. The highest BCUT2D eigenvalue weighted by Crippen LogP contribution is 2.32. The summed E-state index contributed by atoms with van der Waals surface area (Å²) >= 11 is 11.8. The van der Waals surface area contributed by atoms with Crippen LogP contribution in [-0.2, 0) is 0 Å². The van der Waals surface area contributed by atoms with E-state index in [0.717, 1.165) is 13.1 Å². The van der Waals surface area contributed by atoms with E-state index in [1.807, 2.05) is 0 Å². The predicted octanol–water partition coefficient (Wildman–Crippen LogP) is 3.41. The molecule has 1 aromatic carbocycles. The van der Waals surface area contributed by atoms with E-state index < -0.39 is 5.97 Å². The van der Waals surface area contributed by atoms with Gasteiger partial charge in [-0.2, -0.15) is 0 Å². The molecule has 1 aromatic rings. The second-order valence-electron chi connectivity index (χ2n) is 3.94. The Kier molecular flexibility index (Phi) is 6.42. The predicted molar refractivity (Wildman–Crippen MR) is 76.7 cm³/mol. The molecule has 0 fully saturated rings. The zero-order chi connectivity index (χ0) is 14.4. The van der Waals surface area contributed by atoms with Crippen LogP contribution in [0, 0.1) is 0 Å². The highest BCUT2D eigenvalue weighted by Gasteiger charge is 2.16. The summed E-state index contributed by atoms with van der Waals surface area (Å²) < 4.78 is 5.51. The maximum absolute atomic E-state index is 11.1. The molecule has 19 heavy (non-hydrogen) atoms. The smallest absolute Gasteiger partial charge is 0.339 e. The van der Waals surface area contributed by atoms with Crippen LogP contribution in [0.3, 0.4) is 0 Å². The van der Waals surface area contributed by atoms with E-state index in [9.17, 15) is 4.79 Å². The maximum atomic E-state index is 11.1. The molecule has 0 radical (unpaired) electrons. The quantitative estimate of drug-likeness (QED) is 0.838. The van der Waals surface area contributed by atoms with Gasteiger partial charge in [0.2, 0.25) is 0 Å². The van der Waals surface area contributed by atoms with Gasteiger partial charge >= 0.3 is 5.97 Å². The van der Waals surface area contributed by atoms with Crippen molar-refractivity contribution in [1.82, 2.24) is 4.90 Å². The fourth-order valence-corrected chi connectivity index (χ4v) is 2.23. The standard InChI is InChI=1S/C13H17Cl2NO3/c1-3-16(4-2)5-6-19-12-10(13(17)18)7-9(14)8-11(12)15/h7-8H,3-6H2,1-2H3,(H,17,18). The Morgan fingerprint density at radius 1 is 1.32 bits per heavy atom. The van der Waals surface area contributed by atoms with Gasteiger partial charge < -0.3 is 14.7 Å². The van der Waals surface area contributed by atoms with Crippen molar-refractivity contribution in [1.29, 1.82) is 0 Å². The van der Waals surface area contributed by atoms with Crippen LogP contribution in [0.1, 0.15) is 24.2 Å². The van der Waals surface area contributed by atoms with Gasteiger partial charge in [0.15, 0.2) is 5.75 Å². The number of hydrogen-bond donors (Lipinski definition) is 1. The molecule has 106 valence electrons. The van der Waals surface area contributed by atoms with Crippen LogP contribution in [0.4, 0.5) is 0 Å². The van der Waals surface area contributed by atoms with Gasteiger partial charge in [0, 0.05) is 11.6 Å². The second-order valence-corrected chi connectivity index (χ2v) is 4.79. The van der Waals surface area contributed by atoms with Crippen LogP contribution in [0.25, 0.3) is 0 Å². The first kappa shape index (κ1) is 16.1. The Hall–Kier alpha value is -0.970. The number of aromatic carboxylic acids is 1. The summed E-state index contributed by atoms with van der Waals surface area (Å²) in [4.78, 5) is 13.3. The van der Waals surface area contributed by atoms with Crippen molar-refractivity contribution in [2.24, 2.45) is 0 Å². The molecule has 1 rings (SSSR count). The summed E-state index contributed by atoms with van der Waals surface area (Å²) in [6, 6.07) is 2.81. The number of likely N-dealkylation sites (N-methyl/N-ethyl adjacent to an activating group) is 1. The summed E-state index contributed by atoms with van der Waals surface area (Å²) in [5.41, 5.74) is -0.0166. The summed E-state index contributed by atoms with van der Waals surface area (Å²) in [5, 5.41) is 9.60. The van der Waals surface area contributed by atoms with Crippen molar-refractivity contribution >= 4 is 29.2 Å². The molecule has 6 heteroatoms. The van der Waals surface area contributed by atoms with E-state index in [-0.39, 0.29) is 21.4 Å². The second kappa shape index (κ2) is 7.58. The normalized spacial score (nSPS) is 10.8. The molecule has 0 saturated heterocycles. The van der Waals surface area contributed by atoms with Gasteiger partial charge in [-0.25, -0.2) is 4.79 Å². The van der Waals surface area contributed by atoms with Gasteiger partial charge in [0.05, 0.1) is 5.02 Å². The van der Waals surface area contributed by atoms with Crippen molar-refractivity contribution < 1.29 is 14.6 Å². The Morgan fingerprint density at radius 2 is 1.95 bits per heavy atom. The van der Waals surface area contributed by atoms with E-state index in [1.54, 1.807) is 0 Å². The number of nitrogens with zero attached hydrogens (tertiary/aromatic N) is 1. The van der Waals surface area contributed by atoms with E-state index in [1.165, 1.54) is 12.1 Å². The largest absolute Gasteiger partial charge is 0.490 e. The number of hydrogen-bond acceptors (Lipinski definition) is 3. The van der Waals surface area contributed by atoms with Crippen LogP contribution in [0.5, 0.6) is 5.75 Å². The molecule has 0 aromatic heterocycles. The van der Waals surface area contributed by atoms with Crippen molar-refractivity contribution in [3.05, 3.63) is 27.7 Å². The minimum absolute atomic E-state index is 0.0166. The minimum atomic E-state index is -1.11. The Labute approximate surface area is 122 Å². The van der Waals surface area contributed by atoms with Crippen LogP contribution < -0.4 is 4.74 Å². The highest BCUT2D eigenvalue weighted by molar-refractivity contribution is 6.36. The molecular weight excluding hydrogens is 289 g/mol. The number of benzene rings is 1. The van der Waals surface area contributed by atoms with Crippen LogP contribution in [0.15, 0.2) is 12.1 Å². The fraction of sp³-hybridized carbons (Fsp3) is 0.462. The number of halogens is 2. The van der Waals surface area contributed by atoms with Crippen molar-refractivity contribution in [3.8, 4) is 5.75 Å². The lowest BCUT2D eigenvalue weighted by Crippen LogP contribution is -2.28. The number of ether oxygens (including phenoxy) is 1. The van der Waals surface area contributed by atoms with Gasteiger partial charge in [0.1, 0.15) is 12.2 Å². The van der Waals surface area contributed by atoms with E-state index in [0.29, 0.717) is 13.2 Å². The van der Waals surface area contributed by atoms with Crippen LogP contribution in [0.2, 0.25) is 10.0 Å². The summed E-state index contributed by atoms with van der Waals surface area (Å²) in [5.74, 6) is -0.937. The Bertz CT molecular complexity index is 448. The topological polar surface area (TPSA) is 49.8 Å². The molecule has 0 atom stereocenters. The van der Waals surface area contributed by atoms with Crippen molar-refractivity contribution in [3.63, 3.8) is 0 Å². The SMILES string of the molecule is CCN(CC)CCOc1c(Cl)cc(Cl)cc1C(=O)O. The molecule has 0 amide bonds. The molecular formula is C13H17Cl2NO3. The molecule has 0 aliphatic rings.